The minimum absolute atomic E-state index is 0. The summed E-state index contributed by atoms with van der Waals surface area (Å²) in [6.07, 6.45) is 0. The van der Waals surface area contributed by atoms with Crippen LogP contribution in [0.25, 0.3) is 0 Å². The molecule has 0 atom stereocenters. The molecule has 0 aromatic heterocycles. The standard InChI is InChI=1S/C8H15O2.C6H12NO2.CH3.K/c1-6(7(9)10-5)8(2,3)4;1-5(2)6(8)9-4-3-7;;/h1-5H3;3-4,7H2,1-2H3;1H3;/q3*-1;+1. The fourth-order valence-electron chi connectivity index (χ4n) is 0.755. The summed E-state index contributed by atoms with van der Waals surface area (Å²) in [7, 11) is 1.40. The molecule has 0 unspecified atom stereocenters. The number of carbonyl (C=O) groups excluding carboxylic acids is 2. The Hall–Kier alpha value is 0.276. The Labute approximate surface area is 173 Å². The third kappa shape index (κ3) is 16.5. The van der Waals surface area contributed by atoms with Crippen molar-refractivity contribution in [2.45, 2.75) is 41.5 Å². The van der Waals surface area contributed by atoms with Crippen molar-refractivity contribution in [2.75, 3.05) is 20.3 Å². The van der Waals surface area contributed by atoms with E-state index < -0.39 is 0 Å². The summed E-state index contributed by atoms with van der Waals surface area (Å²) in [4.78, 5) is 21.5. The second-order valence-electron chi connectivity index (χ2n) is 5.29. The number of esters is 2. The molecule has 21 heavy (non-hydrogen) atoms. The van der Waals surface area contributed by atoms with Crippen molar-refractivity contribution in [1.29, 1.82) is 0 Å². The van der Waals surface area contributed by atoms with Gasteiger partial charge in [-0.1, -0.05) is 20.8 Å². The molecule has 0 aliphatic carbocycles. The molecule has 0 aliphatic heterocycles. The van der Waals surface area contributed by atoms with Gasteiger partial charge in [0, 0.05) is 6.54 Å². The van der Waals surface area contributed by atoms with E-state index in [1.165, 1.54) is 7.11 Å². The summed E-state index contributed by atoms with van der Waals surface area (Å²) in [6, 6.07) is 0. The van der Waals surface area contributed by atoms with E-state index in [4.69, 9.17) is 5.73 Å². The zero-order chi connectivity index (χ0) is 15.6. The maximum Gasteiger partial charge on any atom is 1.00 e. The number of carbonyl (C=O) groups is 2. The van der Waals surface area contributed by atoms with Crippen molar-refractivity contribution in [3.05, 3.63) is 19.3 Å². The number of nitrogens with two attached hydrogens (primary N) is 1. The number of rotatable bonds is 4. The molecular weight excluding hydrogens is 297 g/mol. The molecule has 0 aliphatic rings. The van der Waals surface area contributed by atoms with E-state index in [-0.39, 0.29) is 76.2 Å². The molecule has 0 spiro atoms. The Kier molecular flexibility index (Phi) is 21.2. The maximum absolute atomic E-state index is 10.9. The summed E-state index contributed by atoms with van der Waals surface area (Å²) in [5, 5.41) is 0. The number of hydrogen-bond acceptors (Lipinski definition) is 5. The number of hydrogen-bond donors (Lipinski definition) is 1. The van der Waals surface area contributed by atoms with Crippen LogP contribution < -0.4 is 57.1 Å². The molecule has 0 saturated heterocycles. The molecule has 0 radical (unpaired) electrons. The van der Waals surface area contributed by atoms with Crippen molar-refractivity contribution < 1.29 is 70.4 Å². The van der Waals surface area contributed by atoms with Gasteiger partial charge in [-0.15, -0.1) is 5.41 Å². The van der Waals surface area contributed by atoms with E-state index in [9.17, 15) is 9.59 Å². The average Bonchev–Trinajstić information content (AvgIpc) is 2.33. The van der Waals surface area contributed by atoms with Crippen molar-refractivity contribution in [3.63, 3.8) is 0 Å². The molecule has 0 fully saturated rings. The van der Waals surface area contributed by atoms with Gasteiger partial charge in [-0.3, -0.25) is 21.4 Å². The Morgan fingerprint density at radius 2 is 1.52 bits per heavy atom. The van der Waals surface area contributed by atoms with Crippen LogP contribution in [0.1, 0.15) is 41.5 Å². The van der Waals surface area contributed by atoms with Gasteiger partial charge in [0.25, 0.3) is 0 Å². The largest absolute Gasteiger partial charge is 1.00 e. The molecule has 5 nitrogen and oxygen atoms in total. The molecule has 0 amide bonds. The second kappa shape index (κ2) is 15.2. The zero-order valence-electron chi connectivity index (χ0n) is 15.1. The van der Waals surface area contributed by atoms with Gasteiger partial charge in [0.1, 0.15) is 6.61 Å². The molecular formula is C15H30KNO4-2. The van der Waals surface area contributed by atoms with Crippen LogP contribution in [0.4, 0.5) is 0 Å². The first-order chi connectivity index (χ1) is 8.57. The van der Waals surface area contributed by atoms with E-state index in [2.05, 4.69) is 9.47 Å². The van der Waals surface area contributed by atoms with Gasteiger partial charge in [-0.25, -0.2) is 0 Å². The Bertz CT molecular complexity index is 275. The molecule has 2 N–H and O–H groups in total. The van der Waals surface area contributed by atoms with Gasteiger partial charge in [-0.05, 0) is 0 Å². The summed E-state index contributed by atoms with van der Waals surface area (Å²) in [5.41, 5.74) is 5.01. The van der Waals surface area contributed by atoms with Crippen LogP contribution in [0.15, 0.2) is 0 Å². The first kappa shape index (κ1) is 29.3. The first-order valence-corrected chi connectivity index (χ1v) is 6.17. The number of ether oxygens (including phenoxy) is 2. The third-order valence-corrected chi connectivity index (χ3v) is 2.38. The second-order valence-corrected chi connectivity index (χ2v) is 5.29. The average molecular weight is 328 g/mol. The quantitative estimate of drug-likeness (QED) is 0.422. The van der Waals surface area contributed by atoms with E-state index in [0.717, 1.165) is 5.92 Å². The van der Waals surface area contributed by atoms with Crippen LogP contribution >= 0.6 is 0 Å². The van der Waals surface area contributed by atoms with Crippen molar-refractivity contribution in [2.24, 2.45) is 11.1 Å². The van der Waals surface area contributed by atoms with Crippen molar-refractivity contribution in [3.8, 4) is 0 Å². The monoisotopic (exact) mass is 327 g/mol. The van der Waals surface area contributed by atoms with Crippen LogP contribution in [0.3, 0.4) is 0 Å². The topological polar surface area (TPSA) is 78.6 Å². The summed E-state index contributed by atoms with van der Waals surface area (Å²) in [6.45, 7) is 11.9. The molecule has 0 bridgehead atoms. The minimum atomic E-state index is -0.263. The van der Waals surface area contributed by atoms with E-state index in [0.29, 0.717) is 19.1 Å². The summed E-state index contributed by atoms with van der Waals surface area (Å²) < 4.78 is 9.21. The van der Waals surface area contributed by atoms with Crippen LogP contribution in [0.5, 0.6) is 0 Å². The Morgan fingerprint density at radius 3 is 1.71 bits per heavy atom. The molecule has 0 aromatic rings. The predicted octanol–water partition coefficient (Wildman–Crippen LogP) is -0.643. The maximum atomic E-state index is 10.9. The summed E-state index contributed by atoms with van der Waals surface area (Å²) >= 11 is 0. The van der Waals surface area contributed by atoms with Crippen molar-refractivity contribution >= 4 is 11.9 Å². The van der Waals surface area contributed by atoms with Crippen LogP contribution in [-0.2, 0) is 19.1 Å². The molecule has 0 aromatic carbocycles. The van der Waals surface area contributed by atoms with Crippen LogP contribution in [0, 0.1) is 24.7 Å². The predicted molar refractivity (Wildman–Crippen MR) is 81.4 cm³/mol. The van der Waals surface area contributed by atoms with E-state index in [1.807, 2.05) is 20.8 Å². The normalized spacial score (nSPS) is 8.95. The minimum Gasteiger partial charge on any atom is -0.491 e. The first-order valence-electron chi connectivity index (χ1n) is 6.17. The molecule has 0 saturated carbocycles. The zero-order valence-corrected chi connectivity index (χ0v) is 18.2. The SMILES string of the molecule is COC(=O)[C-](C)C(C)(C)C.C[C-](C)C(=O)OCCN.[CH3-].[K+]. The van der Waals surface area contributed by atoms with Gasteiger partial charge in [0.2, 0.25) is 0 Å². The van der Waals surface area contributed by atoms with E-state index >= 15 is 0 Å². The van der Waals surface area contributed by atoms with Crippen LogP contribution in [0.2, 0.25) is 0 Å². The smallest absolute Gasteiger partial charge is 0.491 e. The summed E-state index contributed by atoms with van der Waals surface area (Å²) in [5.74, 6) is 0.936. The Balaban J connectivity index is -0.000000126. The van der Waals surface area contributed by atoms with Gasteiger partial charge < -0.3 is 22.6 Å². The van der Waals surface area contributed by atoms with Gasteiger partial charge >= 0.3 is 51.4 Å². The molecule has 0 rings (SSSR count). The third-order valence-electron chi connectivity index (χ3n) is 2.38. The van der Waals surface area contributed by atoms with E-state index in [1.54, 1.807) is 20.8 Å². The van der Waals surface area contributed by atoms with Gasteiger partial charge in [0.15, 0.2) is 11.9 Å². The fraction of sp³-hybridized carbons (Fsp3) is 0.667. The molecule has 6 heteroatoms. The Morgan fingerprint density at radius 1 is 1.10 bits per heavy atom. The van der Waals surface area contributed by atoms with Crippen molar-refractivity contribution in [1.82, 2.24) is 0 Å². The van der Waals surface area contributed by atoms with Gasteiger partial charge in [-0.2, -0.15) is 20.8 Å². The number of methoxy groups -OCH3 is 1. The molecule has 122 valence electrons. The fourth-order valence-corrected chi connectivity index (χ4v) is 0.755. The van der Waals surface area contributed by atoms with Gasteiger partial charge in [0.05, 0.1) is 7.11 Å². The van der Waals surface area contributed by atoms with Crippen LogP contribution in [-0.4, -0.2) is 32.2 Å². The molecule has 0 heterocycles.